The second-order valence-electron chi connectivity index (χ2n) is 5.62. The molecule has 1 saturated heterocycles. The first kappa shape index (κ1) is 17.9. The molecule has 0 aromatic carbocycles. The molecular weight excluding hydrogens is 294 g/mol. The highest BCUT2D eigenvalue weighted by Gasteiger charge is 2.34. The van der Waals surface area contributed by atoms with Gasteiger partial charge < -0.3 is 10.0 Å². The molecule has 0 radical (unpaired) electrons. The molecule has 0 aromatic rings. The van der Waals surface area contributed by atoms with Crippen LogP contribution in [-0.4, -0.2) is 54.4 Å². The van der Waals surface area contributed by atoms with Crippen molar-refractivity contribution in [1.29, 1.82) is 0 Å². The fraction of sp³-hybridized carbons (Fsp3) is 0.857. The van der Waals surface area contributed by atoms with Crippen molar-refractivity contribution in [1.82, 2.24) is 4.90 Å². The zero-order chi connectivity index (χ0) is 15.9. The van der Waals surface area contributed by atoms with E-state index in [-0.39, 0.29) is 30.4 Å². The van der Waals surface area contributed by atoms with Gasteiger partial charge in [-0.2, -0.15) is 0 Å². The van der Waals surface area contributed by atoms with E-state index in [0.29, 0.717) is 6.42 Å². The smallest absolute Gasteiger partial charge is 0.305 e. The highest BCUT2D eigenvalue weighted by Crippen LogP contribution is 2.17. The van der Waals surface area contributed by atoms with E-state index in [1.165, 1.54) is 4.90 Å². The van der Waals surface area contributed by atoms with E-state index in [2.05, 4.69) is 6.92 Å². The van der Waals surface area contributed by atoms with Gasteiger partial charge in [0, 0.05) is 13.0 Å². The molecule has 0 aromatic heterocycles. The lowest BCUT2D eigenvalue weighted by Crippen LogP contribution is -2.51. The lowest BCUT2D eigenvalue weighted by molar-refractivity contribution is -0.140. The third-order valence-electron chi connectivity index (χ3n) is 3.76. The van der Waals surface area contributed by atoms with E-state index in [9.17, 15) is 18.0 Å². The van der Waals surface area contributed by atoms with Crippen LogP contribution in [-0.2, 0) is 19.4 Å². The van der Waals surface area contributed by atoms with Crippen molar-refractivity contribution in [2.45, 2.75) is 57.9 Å². The zero-order valence-electron chi connectivity index (χ0n) is 12.6. The second kappa shape index (κ2) is 8.36. The van der Waals surface area contributed by atoms with Crippen LogP contribution in [0.4, 0.5) is 0 Å². The van der Waals surface area contributed by atoms with Gasteiger partial charge in [0.05, 0.1) is 24.0 Å². The molecule has 0 spiro atoms. The van der Waals surface area contributed by atoms with Gasteiger partial charge in [-0.25, -0.2) is 8.42 Å². The Labute approximate surface area is 126 Å². The van der Waals surface area contributed by atoms with Gasteiger partial charge in [0.15, 0.2) is 9.84 Å². The fourth-order valence-corrected chi connectivity index (χ4v) is 4.13. The molecule has 1 heterocycles. The maximum atomic E-state index is 12.2. The van der Waals surface area contributed by atoms with Crippen molar-refractivity contribution in [3.63, 3.8) is 0 Å². The number of carboxylic acid groups (broad SMARTS) is 1. The number of hydrogen-bond acceptors (Lipinski definition) is 4. The largest absolute Gasteiger partial charge is 0.481 e. The summed E-state index contributed by atoms with van der Waals surface area (Å²) in [4.78, 5) is 24.5. The standard InChI is InChI=1S/C14H25NO5S/c1-2-3-4-5-6-7-13(16)15-8-9-21(19,20)11-12(15)10-14(17)18/h12H,2-11H2,1H3,(H,17,18). The normalized spacial score (nSPS) is 21.2. The lowest BCUT2D eigenvalue weighted by atomic mass is 10.1. The molecular formula is C14H25NO5S. The van der Waals surface area contributed by atoms with Crippen LogP contribution in [0.15, 0.2) is 0 Å². The number of aliphatic carboxylic acids is 1. The van der Waals surface area contributed by atoms with Crippen LogP contribution >= 0.6 is 0 Å². The van der Waals surface area contributed by atoms with Crippen LogP contribution in [0.25, 0.3) is 0 Å². The number of hydrogen-bond donors (Lipinski definition) is 1. The van der Waals surface area contributed by atoms with Gasteiger partial charge in [0.1, 0.15) is 0 Å². The van der Waals surface area contributed by atoms with Crippen molar-refractivity contribution < 1.29 is 23.1 Å². The third-order valence-corrected chi connectivity index (χ3v) is 5.45. The molecule has 1 unspecified atom stereocenters. The van der Waals surface area contributed by atoms with Gasteiger partial charge in [0.2, 0.25) is 5.91 Å². The second-order valence-corrected chi connectivity index (χ2v) is 7.85. The Morgan fingerprint density at radius 2 is 1.86 bits per heavy atom. The van der Waals surface area contributed by atoms with Crippen molar-refractivity contribution in [3.8, 4) is 0 Å². The molecule has 21 heavy (non-hydrogen) atoms. The van der Waals surface area contributed by atoms with E-state index < -0.39 is 21.8 Å². The van der Waals surface area contributed by atoms with Crippen molar-refractivity contribution in [3.05, 3.63) is 0 Å². The van der Waals surface area contributed by atoms with E-state index in [1.807, 2.05) is 0 Å². The summed E-state index contributed by atoms with van der Waals surface area (Å²) in [5, 5.41) is 8.88. The van der Waals surface area contributed by atoms with Gasteiger partial charge in [0.25, 0.3) is 0 Å². The quantitative estimate of drug-likeness (QED) is 0.684. The Hall–Kier alpha value is -1.11. The molecule has 1 atom stereocenters. The summed E-state index contributed by atoms with van der Waals surface area (Å²) in [7, 11) is -3.23. The molecule has 0 aliphatic carbocycles. The molecule has 6 nitrogen and oxygen atoms in total. The fourth-order valence-electron chi connectivity index (χ4n) is 2.61. The monoisotopic (exact) mass is 319 g/mol. The first-order valence-electron chi connectivity index (χ1n) is 7.57. The molecule has 1 aliphatic heterocycles. The summed E-state index contributed by atoms with van der Waals surface area (Å²) in [6.07, 6.45) is 5.21. The predicted octanol–water partition coefficient (Wildman–Crippen LogP) is 1.45. The topological polar surface area (TPSA) is 91.8 Å². The van der Waals surface area contributed by atoms with E-state index in [1.54, 1.807) is 0 Å². The average molecular weight is 319 g/mol. The van der Waals surface area contributed by atoms with Crippen molar-refractivity contribution in [2.75, 3.05) is 18.1 Å². The molecule has 7 heteroatoms. The Morgan fingerprint density at radius 1 is 1.19 bits per heavy atom. The highest BCUT2D eigenvalue weighted by atomic mass is 32.2. The Bertz CT molecular complexity index is 460. The SMILES string of the molecule is CCCCCCCC(=O)N1CCS(=O)(=O)CC1CC(=O)O. The van der Waals surface area contributed by atoms with Crippen LogP contribution in [0, 0.1) is 0 Å². The van der Waals surface area contributed by atoms with Gasteiger partial charge in [-0.15, -0.1) is 0 Å². The molecule has 1 fully saturated rings. The molecule has 1 N–H and O–H groups in total. The Morgan fingerprint density at radius 3 is 2.48 bits per heavy atom. The van der Waals surface area contributed by atoms with Crippen LogP contribution in [0.5, 0.6) is 0 Å². The molecule has 1 aliphatic rings. The summed E-state index contributed by atoms with van der Waals surface area (Å²) in [6, 6.07) is -0.718. The minimum absolute atomic E-state index is 0.0648. The molecule has 0 saturated carbocycles. The lowest BCUT2D eigenvalue weighted by Gasteiger charge is -2.34. The van der Waals surface area contributed by atoms with Crippen LogP contribution in [0.1, 0.15) is 51.9 Å². The molecule has 0 bridgehead atoms. The van der Waals surface area contributed by atoms with Gasteiger partial charge in [-0.3, -0.25) is 9.59 Å². The molecule has 122 valence electrons. The number of rotatable bonds is 8. The summed E-state index contributed by atoms with van der Waals surface area (Å²) < 4.78 is 23.2. The number of carbonyl (C=O) groups is 2. The predicted molar refractivity (Wildman–Crippen MR) is 79.8 cm³/mol. The van der Waals surface area contributed by atoms with Crippen LogP contribution in [0.2, 0.25) is 0 Å². The first-order valence-corrected chi connectivity index (χ1v) is 9.39. The van der Waals surface area contributed by atoms with Gasteiger partial charge >= 0.3 is 5.97 Å². The van der Waals surface area contributed by atoms with Crippen molar-refractivity contribution in [2.24, 2.45) is 0 Å². The first-order chi connectivity index (χ1) is 9.85. The van der Waals surface area contributed by atoms with Crippen molar-refractivity contribution >= 4 is 21.7 Å². The maximum absolute atomic E-state index is 12.2. The number of carbonyl (C=O) groups excluding carboxylic acids is 1. The minimum atomic E-state index is -3.23. The highest BCUT2D eigenvalue weighted by molar-refractivity contribution is 7.91. The summed E-state index contributed by atoms with van der Waals surface area (Å²) in [5.41, 5.74) is 0. The van der Waals surface area contributed by atoms with E-state index in [0.717, 1.165) is 32.1 Å². The number of unbranched alkanes of at least 4 members (excludes halogenated alkanes) is 4. The number of nitrogens with zero attached hydrogens (tertiary/aromatic N) is 1. The summed E-state index contributed by atoms with van der Waals surface area (Å²) >= 11 is 0. The van der Waals surface area contributed by atoms with Crippen LogP contribution < -0.4 is 0 Å². The van der Waals surface area contributed by atoms with Gasteiger partial charge in [-0.05, 0) is 6.42 Å². The summed E-state index contributed by atoms with van der Waals surface area (Å²) in [6.45, 7) is 2.24. The van der Waals surface area contributed by atoms with E-state index in [4.69, 9.17) is 5.11 Å². The zero-order valence-corrected chi connectivity index (χ0v) is 13.4. The van der Waals surface area contributed by atoms with Crippen LogP contribution in [0.3, 0.4) is 0 Å². The minimum Gasteiger partial charge on any atom is -0.481 e. The van der Waals surface area contributed by atoms with Gasteiger partial charge in [-0.1, -0.05) is 32.6 Å². The number of sulfone groups is 1. The number of carboxylic acids is 1. The maximum Gasteiger partial charge on any atom is 0.305 e. The Balaban J connectivity index is 2.52. The number of amides is 1. The molecule has 1 amide bonds. The summed E-state index contributed by atoms with van der Waals surface area (Å²) in [5.74, 6) is -1.49. The Kier molecular flexibility index (Phi) is 7.14. The van der Waals surface area contributed by atoms with E-state index >= 15 is 0 Å². The average Bonchev–Trinajstić information content (AvgIpc) is 2.36. The molecule has 1 rings (SSSR count). The third kappa shape index (κ3) is 6.46.